The fourth-order valence-electron chi connectivity index (χ4n) is 1.52. The van der Waals surface area contributed by atoms with Crippen molar-refractivity contribution >= 4 is 28.9 Å². The zero-order valence-corrected chi connectivity index (χ0v) is 10.7. The molecular formula is C12H8ClN3O4. The number of anilines is 1. The average molecular weight is 294 g/mol. The number of carbonyl (C=O) groups excluding carboxylic acids is 1. The van der Waals surface area contributed by atoms with E-state index in [0.717, 1.165) is 6.07 Å². The van der Waals surface area contributed by atoms with Crippen LogP contribution in [-0.2, 0) is 0 Å². The highest BCUT2D eigenvalue weighted by Gasteiger charge is 2.15. The molecule has 2 N–H and O–H groups in total. The lowest BCUT2D eigenvalue weighted by Gasteiger charge is -2.05. The molecule has 0 radical (unpaired) electrons. The summed E-state index contributed by atoms with van der Waals surface area (Å²) in [6.07, 6.45) is 2.65. The van der Waals surface area contributed by atoms with Gasteiger partial charge in [-0.3, -0.25) is 19.7 Å². The third-order valence-corrected chi connectivity index (χ3v) is 2.79. The number of H-pyrrole nitrogens is 1. The highest BCUT2D eigenvalue weighted by atomic mass is 35.5. The Morgan fingerprint density at radius 2 is 2.10 bits per heavy atom. The lowest BCUT2D eigenvalue weighted by molar-refractivity contribution is -0.384. The number of halogens is 1. The van der Waals surface area contributed by atoms with Crippen LogP contribution in [-0.4, -0.2) is 15.8 Å². The molecule has 0 aliphatic heterocycles. The van der Waals surface area contributed by atoms with Crippen LogP contribution in [0, 0.1) is 10.1 Å². The normalized spacial score (nSPS) is 10.1. The second-order valence-electron chi connectivity index (χ2n) is 3.80. The van der Waals surface area contributed by atoms with Gasteiger partial charge in [0.05, 0.1) is 4.92 Å². The number of carbonyl (C=O) groups is 1. The molecule has 0 aliphatic carbocycles. The smallest absolute Gasteiger partial charge is 0.289 e. The van der Waals surface area contributed by atoms with Crippen LogP contribution in [0.2, 0.25) is 5.02 Å². The lowest BCUT2D eigenvalue weighted by Crippen LogP contribution is -2.20. The van der Waals surface area contributed by atoms with Gasteiger partial charge in [-0.2, -0.15) is 0 Å². The van der Waals surface area contributed by atoms with Crippen molar-refractivity contribution < 1.29 is 9.72 Å². The van der Waals surface area contributed by atoms with Gasteiger partial charge in [0.1, 0.15) is 10.6 Å². The monoisotopic (exact) mass is 293 g/mol. The largest absolute Gasteiger partial charge is 0.367 e. The van der Waals surface area contributed by atoms with E-state index in [-0.39, 0.29) is 22.0 Å². The van der Waals surface area contributed by atoms with Crippen molar-refractivity contribution in [3.8, 4) is 0 Å². The molecular weight excluding hydrogens is 286 g/mol. The minimum absolute atomic E-state index is 0.0365. The van der Waals surface area contributed by atoms with E-state index in [4.69, 9.17) is 11.6 Å². The van der Waals surface area contributed by atoms with Gasteiger partial charge in [-0.1, -0.05) is 11.6 Å². The lowest BCUT2D eigenvalue weighted by atomic mass is 10.2. The summed E-state index contributed by atoms with van der Waals surface area (Å²) in [5.74, 6) is -0.663. The average Bonchev–Trinajstić information content (AvgIpc) is 2.41. The number of pyridine rings is 1. The Bertz CT molecular complexity index is 741. The van der Waals surface area contributed by atoms with E-state index >= 15 is 0 Å². The van der Waals surface area contributed by atoms with E-state index in [1.54, 1.807) is 0 Å². The first-order valence-corrected chi connectivity index (χ1v) is 5.79. The van der Waals surface area contributed by atoms with Crippen LogP contribution in [0.25, 0.3) is 0 Å². The molecule has 2 aromatic rings. The Hall–Kier alpha value is -2.67. The summed E-state index contributed by atoms with van der Waals surface area (Å²) in [5, 5.41) is 13.1. The third kappa shape index (κ3) is 2.83. The summed E-state index contributed by atoms with van der Waals surface area (Å²) in [6.45, 7) is 0. The molecule has 0 saturated carbocycles. The molecule has 1 aromatic heterocycles. The SMILES string of the molecule is O=C(Nc1ccc(Cl)c([N+](=O)[O-])c1)c1c[nH]ccc1=O. The molecule has 8 heteroatoms. The van der Waals surface area contributed by atoms with Crippen LogP contribution in [0.1, 0.15) is 10.4 Å². The van der Waals surface area contributed by atoms with Crippen LogP contribution < -0.4 is 10.7 Å². The Balaban J connectivity index is 2.29. The van der Waals surface area contributed by atoms with E-state index in [0.29, 0.717) is 0 Å². The summed E-state index contributed by atoms with van der Waals surface area (Å²) in [6, 6.07) is 5.03. The summed E-state index contributed by atoms with van der Waals surface area (Å²) < 4.78 is 0. The zero-order chi connectivity index (χ0) is 14.7. The molecule has 0 saturated heterocycles. The molecule has 0 bridgehead atoms. The number of nitro benzene ring substituents is 1. The molecule has 0 unspecified atom stereocenters. The first-order valence-electron chi connectivity index (χ1n) is 5.41. The number of hydrogen-bond acceptors (Lipinski definition) is 4. The summed E-state index contributed by atoms with van der Waals surface area (Å²) in [5.41, 5.74) is -0.699. The summed E-state index contributed by atoms with van der Waals surface area (Å²) in [4.78, 5) is 36.0. The first-order chi connectivity index (χ1) is 9.49. The molecule has 7 nitrogen and oxygen atoms in total. The van der Waals surface area contributed by atoms with Crippen LogP contribution in [0.3, 0.4) is 0 Å². The molecule has 0 atom stereocenters. The molecule has 20 heavy (non-hydrogen) atoms. The second-order valence-corrected chi connectivity index (χ2v) is 4.21. The molecule has 0 aliphatic rings. The van der Waals surface area contributed by atoms with Crippen LogP contribution in [0.4, 0.5) is 11.4 Å². The maximum atomic E-state index is 11.9. The number of rotatable bonds is 3. The Morgan fingerprint density at radius 3 is 2.75 bits per heavy atom. The number of hydrogen-bond donors (Lipinski definition) is 2. The van der Waals surface area contributed by atoms with Crippen LogP contribution in [0.5, 0.6) is 0 Å². The van der Waals surface area contributed by atoms with Crippen molar-refractivity contribution in [3.63, 3.8) is 0 Å². The summed E-state index contributed by atoms with van der Waals surface area (Å²) >= 11 is 5.66. The summed E-state index contributed by atoms with van der Waals surface area (Å²) in [7, 11) is 0. The molecule has 0 spiro atoms. The molecule has 102 valence electrons. The van der Waals surface area contributed by atoms with Crippen LogP contribution in [0.15, 0.2) is 41.5 Å². The Labute approximate surface area is 117 Å². The van der Waals surface area contributed by atoms with Crippen molar-refractivity contribution in [2.75, 3.05) is 5.32 Å². The predicted molar refractivity (Wildman–Crippen MR) is 73.1 cm³/mol. The highest BCUT2D eigenvalue weighted by molar-refractivity contribution is 6.32. The van der Waals surface area contributed by atoms with Gasteiger partial charge in [0.25, 0.3) is 11.6 Å². The van der Waals surface area contributed by atoms with E-state index in [9.17, 15) is 19.7 Å². The molecule has 0 fully saturated rings. The molecule has 1 aromatic carbocycles. The van der Waals surface area contributed by atoms with Crippen molar-refractivity contribution in [1.29, 1.82) is 0 Å². The second kappa shape index (κ2) is 5.54. The highest BCUT2D eigenvalue weighted by Crippen LogP contribution is 2.27. The van der Waals surface area contributed by atoms with Crippen molar-refractivity contribution in [2.45, 2.75) is 0 Å². The maximum Gasteiger partial charge on any atom is 0.289 e. The minimum Gasteiger partial charge on any atom is -0.367 e. The standard InChI is InChI=1S/C12H8ClN3O4/c13-9-2-1-7(5-10(9)16(19)20)15-12(18)8-6-14-4-3-11(8)17/h1-6H,(H,14,17)(H,15,18). The van der Waals surface area contributed by atoms with E-state index in [1.807, 2.05) is 0 Å². The Morgan fingerprint density at radius 1 is 1.35 bits per heavy atom. The van der Waals surface area contributed by atoms with E-state index < -0.39 is 16.3 Å². The van der Waals surface area contributed by atoms with Gasteiger partial charge in [0.2, 0.25) is 0 Å². The number of amides is 1. The minimum atomic E-state index is -0.663. The number of aromatic nitrogens is 1. The van der Waals surface area contributed by atoms with Crippen molar-refractivity contribution in [3.05, 3.63) is 67.6 Å². The zero-order valence-electron chi connectivity index (χ0n) is 9.92. The number of nitrogens with one attached hydrogen (secondary N) is 2. The van der Waals surface area contributed by atoms with E-state index in [2.05, 4.69) is 10.3 Å². The molecule has 2 rings (SSSR count). The van der Waals surface area contributed by atoms with Gasteiger partial charge in [-0.15, -0.1) is 0 Å². The van der Waals surface area contributed by atoms with Crippen molar-refractivity contribution in [1.82, 2.24) is 4.98 Å². The maximum absolute atomic E-state index is 11.9. The van der Waals surface area contributed by atoms with Gasteiger partial charge in [0, 0.05) is 30.2 Å². The fourth-order valence-corrected chi connectivity index (χ4v) is 1.71. The van der Waals surface area contributed by atoms with Gasteiger partial charge in [-0.25, -0.2) is 0 Å². The number of benzene rings is 1. The first kappa shape index (κ1) is 13.8. The van der Waals surface area contributed by atoms with Crippen molar-refractivity contribution in [2.24, 2.45) is 0 Å². The number of aromatic amines is 1. The van der Waals surface area contributed by atoms with Gasteiger partial charge < -0.3 is 10.3 Å². The van der Waals surface area contributed by atoms with Gasteiger partial charge in [-0.05, 0) is 12.1 Å². The quantitative estimate of drug-likeness (QED) is 0.668. The topological polar surface area (TPSA) is 105 Å². The number of nitrogens with zero attached hydrogens (tertiary/aromatic N) is 1. The number of nitro groups is 1. The van der Waals surface area contributed by atoms with Gasteiger partial charge >= 0.3 is 0 Å². The van der Waals surface area contributed by atoms with Gasteiger partial charge in [0.15, 0.2) is 5.43 Å². The Kier molecular flexibility index (Phi) is 3.81. The van der Waals surface area contributed by atoms with E-state index in [1.165, 1.54) is 30.6 Å². The predicted octanol–water partition coefficient (Wildman–Crippen LogP) is 2.19. The van der Waals surface area contributed by atoms with Crippen LogP contribution >= 0.6 is 11.6 Å². The third-order valence-electron chi connectivity index (χ3n) is 2.47. The fraction of sp³-hybridized carbons (Fsp3) is 0. The molecule has 1 amide bonds. The molecule has 1 heterocycles.